The number of carbonyl (C=O) groups is 1. The molecular weight excluding hydrogens is 235 g/mol. The number of nitrogens with two attached hydrogens (primary N) is 1. The average Bonchev–Trinajstić information content (AvgIpc) is 2.31. The molecule has 1 rings (SSSR count). The molecule has 6 heteroatoms. The van der Waals surface area contributed by atoms with E-state index < -0.39 is 11.8 Å². The van der Waals surface area contributed by atoms with Gasteiger partial charge >= 0.3 is 6.03 Å². The molecule has 0 saturated carbocycles. The van der Waals surface area contributed by atoms with Crippen LogP contribution in [0.1, 0.15) is 19.3 Å². The third kappa shape index (κ3) is 5.29. The maximum absolute atomic E-state index is 13.2. The average molecular weight is 252 g/mol. The van der Waals surface area contributed by atoms with Crippen LogP contribution in [0.5, 0.6) is 0 Å². The van der Waals surface area contributed by atoms with Crippen molar-refractivity contribution < 1.29 is 9.18 Å². The van der Waals surface area contributed by atoms with E-state index in [1.54, 1.807) is 12.1 Å². The molecule has 0 aliphatic heterocycles. The third-order valence-electron chi connectivity index (χ3n) is 2.28. The molecule has 5 nitrogen and oxygen atoms in total. The fourth-order valence-electron chi connectivity index (χ4n) is 1.37. The predicted octanol–water partition coefficient (Wildman–Crippen LogP) is 2.05. The number of amidine groups is 1. The van der Waals surface area contributed by atoms with Crippen molar-refractivity contribution in [3.63, 3.8) is 0 Å². The zero-order valence-corrected chi connectivity index (χ0v) is 10.0. The first-order valence-electron chi connectivity index (χ1n) is 5.72. The number of hydrogen-bond acceptors (Lipinski definition) is 2. The second kappa shape index (κ2) is 7.26. The lowest BCUT2D eigenvalue weighted by Gasteiger charge is -2.08. The molecule has 0 bridgehead atoms. The quantitative estimate of drug-likeness (QED) is 0.354. The molecule has 1 aromatic carbocycles. The number of carbonyl (C=O) groups excluding carboxylic acids is 1. The monoisotopic (exact) mass is 252 g/mol. The minimum atomic E-state index is -0.468. The molecule has 0 aliphatic rings. The summed E-state index contributed by atoms with van der Waals surface area (Å²) < 4.78 is 13.2. The molecule has 5 N–H and O–H groups in total. The van der Waals surface area contributed by atoms with Gasteiger partial charge in [-0.3, -0.25) is 5.41 Å². The van der Waals surface area contributed by atoms with E-state index in [1.807, 2.05) is 0 Å². The first-order valence-corrected chi connectivity index (χ1v) is 5.72. The third-order valence-corrected chi connectivity index (χ3v) is 2.28. The number of para-hydroxylation sites is 1. The van der Waals surface area contributed by atoms with Crippen molar-refractivity contribution in [2.24, 2.45) is 5.73 Å². The Kier molecular flexibility index (Phi) is 5.63. The van der Waals surface area contributed by atoms with Crippen LogP contribution in [-0.2, 0) is 0 Å². The van der Waals surface area contributed by atoms with E-state index in [1.165, 1.54) is 12.1 Å². The van der Waals surface area contributed by atoms with E-state index in [-0.39, 0.29) is 11.5 Å². The summed E-state index contributed by atoms with van der Waals surface area (Å²) in [6.07, 6.45) is 2.00. The fourth-order valence-corrected chi connectivity index (χ4v) is 1.37. The van der Waals surface area contributed by atoms with E-state index in [4.69, 9.17) is 11.1 Å². The molecule has 1 aromatic rings. The smallest absolute Gasteiger partial charge is 0.319 e. The minimum Gasteiger partial charge on any atom is -0.388 e. The van der Waals surface area contributed by atoms with Gasteiger partial charge in [0.25, 0.3) is 0 Å². The molecule has 0 fully saturated rings. The molecule has 0 saturated heterocycles. The summed E-state index contributed by atoms with van der Waals surface area (Å²) in [5.74, 6) is -0.324. The highest BCUT2D eigenvalue weighted by atomic mass is 19.1. The molecule has 0 aromatic heterocycles. The summed E-state index contributed by atoms with van der Waals surface area (Å²) in [6, 6.07) is 5.53. The highest BCUT2D eigenvalue weighted by Crippen LogP contribution is 2.11. The first kappa shape index (κ1) is 14.0. The van der Waals surface area contributed by atoms with Crippen LogP contribution in [0.15, 0.2) is 24.3 Å². The Morgan fingerprint density at radius 3 is 2.72 bits per heavy atom. The van der Waals surface area contributed by atoms with E-state index >= 15 is 0 Å². The fraction of sp³-hybridized carbons (Fsp3) is 0.333. The number of halogens is 1. The lowest BCUT2D eigenvalue weighted by molar-refractivity contribution is 0.252. The van der Waals surface area contributed by atoms with Gasteiger partial charge in [-0.1, -0.05) is 12.1 Å². The Morgan fingerprint density at radius 1 is 1.33 bits per heavy atom. The van der Waals surface area contributed by atoms with E-state index in [0.29, 0.717) is 13.0 Å². The van der Waals surface area contributed by atoms with Gasteiger partial charge in [0, 0.05) is 13.0 Å². The first-order chi connectivity index (χ1) is 8.59. The summed E-state index contributed by atoms with van der Waals surface area (Å²) in [4.78, 5) is 11.4. The summed E-state index contributed by atoms with van der Waals surface area (Å²) in [5, 5.41) is 12.0. The van der Waals surface area contributed by atoms with Crippen LogP contribution in [0.3, 0.4) is 0 Å². The van der Waals surface area contributed by atoms with Gasteiger partial charge in [0.2, 0.25) is 0 Å². The van der Waals surface area contributed by atoms with Crippen LogP contribution in [0, 0.1) is 11.2 Å². The van der Waals surface area contributed by atoms with Gasteiger partial charge in [-0.15, -0.1) is 0 Å². The van der Waals surface area contributed by atoms with Crippen molar-refractivity contribution in [3.8, 4) is 0 Å². The predicted molar refractivity (Wildman–Crippen MR) is 69.2 cm³/mol. The molecule has 18 heavy (non-hydrogen) atoms. The lowest BCUT2D eigenvalue weighted by Crippen LogP contribution is -2.30. The zero-order chi connectivity index (χ0) is 13.4. The highest BCUT2D eigenvalue weighted by molar-refractivity contribution is 5.89. The van der Waals surface area contributed by atoms with Gasteiger partial charge in [-0.25, -0.2) is 9.18 Å². The lowest BCUT2D eigenvalue weighted by atomic mass is 10.2. The molecule has 2 amide bonds. The standard InChI is InChI=1S/C12H17FN4O/c13-9-5-1-2-6-10(9)17-12(18)16-8-4-3-7-11(14)15/h1-2,5-6H,3-4,7-8H2,(H3,14,15)(H2,16,17,18). The summed E-state index contributed by atoms with van der Waals surface area (Å²) in [5.41, 5.74) is 5.35. The highest BCUT2D eigenvalue weighted by Gasteiger charge is 2.04. The Morgan fingerprint density at radius 2 is 2.06 bits per heavy atom. The summed E-state index contributed by atoms with van der Waals surface area (Å²) in [6.45, 7) is 0.466. The van der Waals surface area contributed by atoms with Gasteiger partial charge in [0.05, 0.1) is 11.5 Å². The summed E-state index contributed by atoms with van der Waals surface area (Å²) >= 11 is 0. The van der Waals surface area contributed by atoms with Gasteiger partial charge < -0.3 is 16.4 Å². The SMILES string of the molecule is N=C(N)CCCCNC(=O)Nc1ccccc1F. The van der Waals surface area contributed by atoms with Crippen LogP contribution in [0.2, 0.25) is 0 Å². The van der Waals surface area contributed by atoms with Gasteiger partial charge in [0.1, 0.15) is 5.82 Å². The van der Waals surface area contributed by atoms with Gasteiger partial charge in [0.15, 0.2) is 0 Å². The molecule has 0 heterocycles. The van der Waals surface area contributed by atoms with Crippen LogP contribution in [-0.4, -0.2) is 18.4 Å². The second-order valence-electron chi connectivity index (χ2n) is 3.84. The molecule has 0 atom stereocenters. The van der Waals surface area contributed by atoms with E-state index in [0.717, 1.165) is 12.8 Å². The summed E-state index contributed by atoms with van der Waals surface area (Å²) in [7, 11) is 0. The van der Waals surface area contributed by atoms with Crippen LogP contribution in [0.25, 0.3) is 0 Å². The zero-order valence-electron chi connectivity index (χ0n) is 10.0. The number of urea groups is 1. The van der Waals surface area contributed by atoms with E-state index in [9.17, 15) is 9.18 Å². The van der Waals surface area contributed by atoms with Crippen molar-refractivity contribution >= 4 is 17.6 Å². The number of nitrogens with one attached hydrogen (secondary N) is 3. The van der Waals surface area contributed by atoms with Crippen molar-refractivity contribution in [2.75, 3.05) is 11.9 Å². The number of rotatable bonds is 6. The molecule has 0 aliphatic carbocycles. The van der Waals surface area contributed by atoms with Crippen LogP contribution >= 0.6 is 0 Å². The maximum atomic E-state index is 13.2. The molecule has 0 spiro atoms. The largest absolute Gasteiger partial charge is 0.388 e. The molecule has 0 radical (unpaired) electrons. The Hall–Kier alpha value is -2.11. The number of hydrogen-bond donors (Lipinski definition) is 4. The second-order valence-corrected chi connectivity index (χ2v) is 3.84. The molecular formula is C12H17FN4O. The van der Waals surface area contributed by atoms with Crippen molar-refractivity contribution in [1.82, 2.24) is 5.32 Å². The molecule has 98 valence electrons. The van der Waals surface area contributed by atoms with Crippen LogP contribution in [0.4, 0.5) is 14.9 Å². The van der Waals surface area contributed by atoms with E-state index in [2.05, 4.69) is 10.6 Å². The Balaban J connectivity index is 2.22. The normalized spacial score (nSPS) is 9.83. The van der Waals surface area contributed by atoms with Gasteiger partial charge in [-0.2, -0.15) is 0 Å². The minimum absolute atomic E-state index is 0.144. The Labute approximate surface area is 105 Å². The van der Waals surface area contributed by atoms with Gasteiger partial charge in [-0.05, 0) is 25.0 Å². The number of benzene rings is 1. The maximum Gasteiger partial charge on any atom is 0.319 e. The van der Waals surface area contributed by atoms with Crippen molar-refractivity contribution in [2.45, 2.75) is 19.3 Å². The number of amides is 2. The molecule has 0 unspecified atom stereocenters. The number of anilines is 1. The van der Waals surface area contributed by atoms with Crippen LogP contribution < -0.4 is 16.4 Å². The number of unbranched alkanes of at least 4 members (excludes halogenated alkanes) is 1. The van der Waals surface area contributed by atoms with Crippen molar-refractivity contribution in [3.05, 3.63) is 30.1 Å². The Bertz CT molecular complexity index is 422. The van der Waals surface area contributed by atoms with Crippen molar-refractivity contribution in [1.29, 1.82) is 5.41 Å². The topological polar surface area (TPSA) is 91.0 Å².